The first-order valence-electron chi connectivity index (χ1n) is 5.27. The van der Waals surface area contributed by atoms with E-state index >= 15 is 0 Å². The minimum atomic E-state index is -0.244. The van der Waals surface area contributed by atoms with Crippen molar-refractivity contribution in [2.24, 2.45) is 5.73 Å². The second-order valence-corrected chi connectivity index (χ2v) is 4.73. The van der Waals surface area contributed by atoms with Crippen molar-refractivity contribution in [2.75, 3.05) is 0 Å². The molecule has 0 unspecified atom stereocenters. The Morgan fingerprint density at radius 1 is 1.41 bits per heavy atom. The summed E-state index contributed by atoms with van der Waals surface area (Å²) < 4.78 is 15.8. The van der Waals surface area contributed by atoms with Gasteiger partial charge >= 0.3 is 0 Å². The number of benzene rings is 1. The predicted molar refractivity (Wildman–Crippen MR) is 68.1 cm³/mol. The van der Waals surface area contributed by atoms with Crippen molar-refractivity contribution in [3.05, 3.63) is 51.5 Å². The maximum atomic E-state index is 13.1. The first-order chi connectivity index (χ1) is 8.10. The lowest BCUT2D eigenvalue weighted by Crippen LogP contribution is -2.01. The van der Waals surface area contributed by atoms with Gasteiger partial charge in [0.2, 0.25) is 0 Å². The maximum absolute atomic E-state index is 13.1. The van der Waals surface area contributed by atoms with Gasteiger partial charge in [-0.3, -0.25) is 4.68 Å². The van der Waals surface area contributed by atoms with Crippen LogP contribution in [0.3, 0.4) is 0 Å². The zero-order chi connectivity index (χ0) is 12.4. The second-order valence-electron chi connectivity index (χ2n) is 3.88. The van der Waals surface area contributed by atoms with E-state index in [1.54, 1.807) is 10.7 Å². The topological polar surface area (TPSA) is 43.8 Å². The molecule has 2 rings (SSSR count). The van der Waals surface area contributed by atoms with Gasteiger partial charge in [0.15, 0.2) is 0 Å². The van der Waals surface area contributed by atoms with Crippen LogP contribution in [0.15, 0.2) is 28.9 Å². The molecule has 2 N–H and O–H groups in total. The quantitative estimate of drug-likeness (QED) is 0.946. The fourth-order valence-electron chi connectivity index (χ4n) is 1.68. The Morgan fingerprint density at radius 3 is 2.82 bits per heavy atom. The zero-order valence-corrected chi connectivity index (χ0v) is 11.0. The molecule has 0 aliphatic carbocycles. The normalized spacial score (nSPS) is 10.8. The van der Waals surface area contributed by atoms with Gasteiger partial charge in [-0.2, -0.15) is 5.10 Å². The van der Waals surface area contributed by atoms with Crippen LogP contribution in [-0.2, 0) is 13.1 Å². The lowest BCUT2D eigenvalue weighted by Gasteiger charge is -2.04. The van der Waals surface area contributed by atoms with Gasteiger partial charge in [-0.05, 0) is 30.7 Å². The summed E-state index contributed by atoms with van der Waals surface area (Å²) in [5.74, 6) is -0.244. The first kappa shape index (κ1) is 12.3. The number of hydrogen-bond donors (Lipinski definition) is 1. The number of aromatic nitrogens is 2. The van der Waals surface area contributed by atoms with Gasteiger partial charge in [-0.25, -0.2) is 4.39 Å². The van der Waals surface area contributed by atoms with Crippen molar-refractivity contribution in [3.8, 4) is 0 Å². The summed E-state index contributed by atoms with van der Waals surface area (Å²) >= 11 is 3.40. The summed E-state index contributed by atoms with van der Waals surface area (Å²) in [6.45, 7) is 2.91. The van der Waals surface area contributed by atoms with Gasteiger partial charge in [-0.15, -0.1) is 0 Å². The van der Waals surface area contributed by atoms with Crippen LogP contribution in [-0.4, -0.2) is 9.78 Å². The second kappa shape index (κ2) is 4.98. The monoisotopic (exact) mass is 297 g/mol. The molecule has 0 saturated heterocycles. The number of nitrogens with zero attached hydrogens (tertiary/aromatic N) is 2. The highest BCUT2D eigenvalue weighted by atomic mass is 79.9. The molecule has 17 heavy (non-hydrogen) atoms. The van der Waals surface area contributed by atoms with Crippen molar-refractivity contribution in [1.29, 1.82) is 0 Å². The highest BCUT2D eigenvalue weighted by Crippen LogP contribution is 2.19. The highest BCUT2D eigenvalue weighted by Gasteiger charge is 2.06. The van der Waals surface area contributed by atoms with Crippen molar-refractivity contribution in [1.82, 2.24) is 9.78 Å². The molecule has 0 aliphatic rings. The lowest BCUT2D eigenvalue weighted by atomic mass is 10.2. The Balaban J connectivity index is 2.27. The molecule has 1 aromatic carbocycles. The van der Waals surface area contributed by atoms with E-state index in [-0.39, 0.29) is 5.82 Å². The lowest BCUT2D eigenvalue weighted by molar-refractivity contribution is 0.617. The first-order valence-corrected chi connectivity index (χ1v) is 6.06. The van der Waals surface area contributed by atoms with Gasteiger partial charge in [0.05, 0.1) is 12.2 Å². The Labute approximate surface area is 108 Å². The molecule has 2 aromatic rings. The molecule has 0 saturated carbocycles. The molecule has 0 bridgehead atoms. The summed E-state index contributed by atoms with van der Waals surface area (Å²) in [6.07, 6.45) is 1.90. The van der Waals surface area contributed by atoms with E-state index in [1.165, 1.54) is 12.1 Å². The predicted octanol–water partition coefficient (Wildman–Crippen LogP) is 2.60. The molecular weight excluding hydrogens is 285 g/mol. The van der Waals surface area contributed by atoms with Gasteiger partial charge in [0, 0.05) is 22.8 Å². The molecule has 0 aliphatic heterocycles. The molecule has 3 nitrogen and oxygen atoms in total. The van der Waals surface area contributed by atoms with Crippen LogP contribution in [0.4, 0.5) is 4.39 Å². The summed E-state index contributed by atoms with van der Waals surface area (Å²) in [5.41, 5.74) is 8.37. The molecule has 90 valence electrons. The minimum Gasteiger partial charge on any atom is -0.326 e. The van der Waals surface area contributed by atoms with Gasteiger partial charge < -0.3 is 5.73 Å². The molecule has 0 fully saturated rings. The summed E-state index contributed by atoms with van der Waals surface area (Å²) in [5, 5.41) is 4.34. The van der Waals surface area contributed by atoms with Gasteiger partial charge in [-0.1, -0.05) is 15.9 Å². The fourth-order valence-corrected chi connectivity index (χ4v) is 2.05. The van der Waals surface area contributed by atoms with Crippen LogP contribution < -0.4 is 5.73 Å². The maximum Gasteiger partial charge on any atom is 0.123 e. The van der Waals surface area contributed by atoms with Crippen LogP contribution in [0.25, 0.3) is 0 Å². The molecule has 1 heterocycles. The molecule has 1 aromatic heterocycles. The van der Waals surface area contributed by atoms with E-state index in [4.69, 9.17) is 5.73 Å². The van der Waals surface area contributed by atoms with Gasteiger partial charge in [0.1, 0.15) is 5.82 Å². The number of aryl methyl sites for hydroxylation is 1. The Hall–Kier alpha value is -1.20. The number of halogens is 2. The van der Waals surface area contributed by atoms with E-state index in [0.717, 1.165) is 21.3 Å². The number of hydrogen-bond acceptors (Lipinski definition) is 2. The van der Waals surface area contributed by atoms with E-state index in [2.05, 4.69) is 21.0 Å². The average Bonchev–Trinajstić information content (AvgIpc) is 2.64. The third-order valence-corrected chi connectivity index (χ3v) is 3.38. The Morgan fingerprint density at radius 2 is 2.18 bits per heavy atom. The standard InChI is InChI=1S/C12H13BrFN3/c1-8-10(5-15)7-17(16-8)6-9-4-11(14)2-3-12(9)13/h2-4,7H,5-6,15H2,1H3. The molecule has 0 spiro atoms. The molecular formula is C12H13BrFN3. The third-order valence-electron chi connectivity index (χ3n) is 2.61. The van der Waals surface area contributed by atoms with Crippen molar-refractivity contribution in [2.45, 2.75) is 20.0 Å². The van der Waals surface area contributed by atoms with E-state index in [0.29, 0.717) is 13.1 Å². The van der Waals surface area contributed by atoms with Crippen LogP contribution >= 0.6 is 15.9 Å². The van der Waals surface area contributed by atoms with Crippen LogP contribution in [0.2, 0.25) is 0 Å². The highest BCUT2D eigenvalue weighted by molar-refractivity contribution is 9.10. The Bertz CT molecular complexity index is 537. The summed E-state index contributed by atoms with van der Waals surface area (Å²) in [7, 11) is 0. The minimum absolute atomic E-state index is 0.244. The number of nitrogens with two attached hydrogens (primary N) is 1. The zero-order valence-electron chi connectivity index (χ0n) is 9.45. The van der Waals surface area contributed by atoms with Crippen molar-refractivity contribution < 1.29 is 4.39 Å². The van der Waals surface area contributed by atoms with Gasteiger partial charge in [0.25, 0.3) is 0 Å². The molecule has 5 heteroatoms. The summed E-state index contributed by atoms with van der Waals surface area (Å²) in [4.78, 5) is 0. The molecule has 0 amide bonds. The van der Waals surface area contributed by atoms with Crippen molar-refractivity contribution in [3.63, 3.8) is 0 Å². The smallest absolute Gasteiger partial charge is 0.123 e. The largest absolute Gasteiger partial charge is 0.326 e. The van der Waals surface area contributed by atoms with Crippen LogP contribution in [0.5, 0.6) is 0 Å². The fraction of sp³-hybridized carbons (Fsp3) is 0.250. The average molecular weight is 298 g/mol. The van der Waals surface area contributed by atoms with E-state index in [1.807, 2.05) is 13.1 Å². The van der Waals surface area contributed by atoms with E-state index in [9.17, 15) is 4.39 Å². The molecule has 0 atom stereocenters. The SMILES string of the molecule is Cc1nn(Cc2cc(F)ccc2Br)cc1CN. The number of rotatable bonds is 3. The van der Waals surface area contributed by atoms with Crippen molar-refractivity contribution >= 4 is 15.9 Å². The van der Waals surface area contributed by atoms with Crippen LogP contribution in [0, 0.1) is 12.7 Å². The van der Waals surface area contributed by atoms with Crippen LogP contribution in [0.1, 0.15) is 16.8 Å². The molecule has 0 radical (unpaired) electrons. The van der Waals surface area contributed by atoms with E-state index < -0.39 is 0 Å². The Kier molecular flexibility index (Phi) is 3.59. The third kappa shape index (κ3) is 2.73. The summed E-state index contributed by atoms with van der Waals surface area (Å²) in [6, 6.07) is 4.63.